The van der Waals surface area contributed by atoms with E-state index in [-0.39, 0.29) is 5.60 Å². The second kappa shape index (κ2) is 8.97. The van der Waals surface area contributed by atoms with Gasteiger partial charge in [0.05, 0.1) is 12.2 Å². The standard InChI is InChI=1S/C13H30N2O/c1-6-15(7-2)11-8-9-14-10-12-16-13(3,4)5/h14H,6-12H2,1-5H3. The molecule has 3 heteroatoms. The quantitative estimate of drug-likeness (QED) is 0.614. The van der Waals surface area contributed by atoms with Crippen molar-refractivity contribution >= 4 is 0 Å². The zero-order chi connectivity index (χ0) is 12.4. The Labute approximate surface area is 102 Å². The fraction of sp³-hybridized carbons (Fsp3) is 1.00. The van der Waals surface area contributed by atoms with Crippen molar-refractivity contribution in [1.29, 1.82) is 0 Å². The Morgan fingerprint density at radius 3 is 2.19 bits per heavy atom. The minimum absolute atomic E-state index is 0.0110. The first-order chi connectivity index (χ1) is 7.49. The van der Waals surface area contributed by atoms with Crippen molar-refractivity contribution < 1.29 is 4.74 Å². The Balaban J connectivity index is 3.21. The molecule has 0 aliphatic carbocycles. The highest BCUT2D eigenvalue weighted by Crippen LogP contribution is 2.04. The van der Waals surface area contributed by atoms with Crippen LogP contribution in [-0.4, -0.2) is 49.8 Å². The summed E-state index contributed by atoms with van der Waals surface area (Å²) in [5.41, 5.74) is -0.0110. The fourth-order valence-corrected chi connectivity index (χ4v) is 1.52. The average Bonchev–Trinajstić information content (AvgIpc) is 2.21. The largest absolute Gasteiger partial charge is 0.375 e. The molecule has 3 nitrogen and oxygen atoms in total. The summed E-state index contributed by atoms with van der Waals surface area (Å²) in [6, 6.07) is 0. The maximum absolute atomic E-state index is 5.63. The maximum Gasteiger partial charge on any atom is 0.0599 e. The Hall–Kier alpha value is -0.120. The molecular weight excluding hydrogens is 200 g/mol. The first kappa shape index (κ1) is 15.9. The molecule has 0 aromatic heterocycles. The van der Waals surface area contributed by atoms with Gasteiger partial charge in [-0.2, -0.15) is 0 Å². The van der Waals surface area contributed by atoms with Gasteiger partial charge >= 0.3 is 0 Å². The highest BCUT2D eigenvalue weighted by molar-refractivity contribution is 4.59. The molecule has 0 aliphatic heterocycles. The van der Waals surface area contributed by atoms with E-state index in [0.29, 0.717) is 0 Å². The minimum Gasteiger partial charge on any atom is -0.375 e. The zero-order valence-corrected chi connectivity index (χ0v) is 11.8. The predicted octanol–water partition coefficient (Wildman–Crippen LogP) is 2.12. The van der Waals surface area contributed by atoms with Gasteiger partial charge in [-0.05, 0) is 53.4 Å². The Bertz CT molecular complexity index is 151. The summed E-state index contributed by atoms with van der Waals surface area (Å²) in [4.78, 5) is 2.45. The van der Waals surface area contributed by atoms with Crippen molar-refractivity contribution in [3.05, 3.63) is 0 Å². The van der Waals surface area contributed by atoms with Gasteiger partial charge in [-0.15, -0.1) is 0 Å². The van der Waals surface area contributed by atoms with Crippen molar-refractivity contribution in [2.75, 3.05) is 39.3 Å². The Morgan fingerprint density at radius 1 is 1.06 bits per heavy atom. The van der Waals surface area contributed by atoms with E-state index in [1.54, 1.807) is 0 Å². The summed E-state index contributed by atoms with van der Waals surface area (Å²) in [5.74, 6) is 0. The van der Waals surface area contributed by atoms with Gasteiger partial charge in [0.15, 0.2) is 0 Å². The molecule has 0 aromatic carbocycles. The fourth-order valence-electron chi connectivity index (χ4n) is 1.52. The molecule has 0 atom stereocenters. The van der Waals surface area contributed by atoms with Gasteiger partial charge in [0, 0.05) is 6.54 Å². The topological polar surface area (TPSA) is 24.5 Å². The molecule has 0 fully saturated rings. The molecule has 1 N–H and O–H groups in total. The third-order valence-electron chi connectivity index (χ3n) is 2.54. The lowest BCUT2D eigenvalue weighted by Crippen LogP contribution is -2.30. The normalized spacial score (nSPS) is 12.4. The molecule has 0 heterocycles. The highest BCUT2D eigenvalue weighted by atomic mass is 16.5. The van der Waals surface area contributed by atoms with Crippen LogP contribution in [0.3, 0.4) is 0 Å². The SMILES string of the molecule is CCN(CC)CCCNCCOC(C)(C)C. The van der Waals surface area contributed by atoms with Gasteiger partial charge in [-0.3, -0.25) is 0 Å². The maximum atomic E-state index is 5.63. The third kappa shape index (κ3) is 10.4. The van der Waals surface area contributed by atoms with E-state index >= 15 is 0 Å². The van der Waals surface area contributed by atoms with Crippen LogP contribution < -0.4 is 5.32 Å². The van der Waals surface area contributed by atoms with Crippen LogP contribution in [0.15, 0.2) is 0 Å². The minimum atomic E-state index is -0.0110. The summed E-state index contributed by atoms with van der Waals surface area (Å²) in [7, 11) is 0. The Kier molecular flexibility index (Phi) is 8.90. The number of nitrogens with zero attached hydrogens (tertiary/aromatic N) is 1. The molecule has 0 saturated heterocycles. The second-order valence-electron chi connectivity index (χ2n) is 5.09. The molecule has 0 unspecified atom stereocenters. The van der Waals surface area contributed by atoms with E-state index in [0.717, 1.165) is 32.8 Å². The first-order valence-corrected chi connectivity index (χ1v) is 6.56. The molecule has 98 valence electrons. The molecular formula is C13H30N2O. The molecule has 0 saturated carbocycles. The van der Waals surface area contributed by atoms with Crippen LogP contribution in [0, 0.1) is 0 Å². The van der Waals surface area contributed by atoms with Crippen LogP contribution in [-0.2, 0) is 4.74 Å². The van der Waals surface area contributed by atoms with Crippen molar-refractivity contribution in [3.8, 4) is 0 Å². The van der Waals surface area contributed by atoms with Gasteiger partial charge in [0.2, 0.25) is 0 Å². The van der Waals surface area contributed by atoms with Crippen LogP contribution in [0.2, 0.25) is 0 Å². The van der Waals surface area contributed by atoms with Crippen molar-refractivity contribution in [2.24, 2.45) is 0 Å². The molecule has 0 amide bonds. The number of hydrogen-bond donors (Lipinski definition) is 1. The summed E-state index contributed by atoms with van der Waals surface area (Å²) in [6.07, 6.45) is 1.22. The van der Waals surface area contributed by atoms with Gasteiger partial charge in [-0.25, -0.2) is 0 Å². The first-order valence-electron chi connectivity index (χ1n) is 6.56. The number of ether oxygens (including phenoxy) is 1. The molecule has 0 radical (unpaired) electrons. The second-order valence-corrected chi connectivity index (χ2v) is 5.09. The van der Waals surface area contributed by atoms with Crippen LogP contribution in [0.4, 0.5) is 0 Å². The summed E-state index contributed by atoms with van der Waals surface area (Å²) >= 11 is 0. The van der Waals surface area contributed by atoms with Crippen LogP contribution in [0.5, 0.6) is 0 Å². The summed E-state index contributed by atoms with van der Waals surface area (Å²) < 4.78 is 5.63. The Morgan fingerprint density at radius 2 is 1.69 bits per heavy atom. The molecule has 0 bridgehead atoms. The number of rotatable bonds is 9. The molecule has 0 aliphatic rings. The van der Waals surface area contributed by atoms with Gasteiger partial charge in [0.25, 0.3) is 0 Å². The van der Waals surface area contributed by atoms with Gasteiger partial charge in [0.1, 0.15) is 0 Å². The highest BCUT2D eigenvalue weighted by Gasteiger charge is 2.08. The van der Waals surface area contributed by atoms with Crippen molar-refractivity contribution in [2.45, 2.75) is 46.6 Å². The number of hydrogen-bond acceptors (Lipinski definition) is 3. The monoisotopic (exact) mass is 230 g/mol. The average molecular weight is 230 g/mol. The van der Waals surface area contributed by atoms with Crippen LogP contribution in [0.25, 0.3) is 0 Å². The molecule has 16 heavy (non-hydrogen) atoms. The lowest BCUT2D eigenvalue weighted by Gasteiger charge is -2.20. The van der Waals surface area contributed by atoms with Gasteiger partial charge < -0.3 is 15.0 Å². The van der Waals surface area contributed by atoms with E-state index in [9.17, 15) is 0 Å². The van der Waals surface area contributed by atoms with Crippen molar-refractivity contribution in [1.82, 2.24) is 10.2 Å². The smallest absolute Gasteiger partial charge is 0.0599 e. The van der Waals surface area contributed by atoms with E-state index in [1.807, 2.05) is 0 Å². The molecule has 0 spiro atoms. The van der Waals surface area contributed by atoms with E-state index < -0.39 is 0 Å². The number of nitrogens with one attached hydrogen (secondary N) is 1. The predicted molar refractivity (Wildman–Crippen MR) is 71.0 cm³/mol. The lowest BCUT2D eigenvalue weighted by molar-refractivity contribution is -0.000786. The molecule has 0 rings (SSSR count). The van der Waals surface area contributed by atoms with Crippen molar-refractivity contribution in [3.63, 3.8) is 0 Å². The zero-order valence-electron chi connectivity index (χ0n) is 11.8. The van der Waals surface area contributed by atoms with E-state index in [2.05, 4.69) is 44.8 Å². The summed E-state index contributed by atoms with van der Waals surface area (Å²) in [5, 5.41) is 3.41. The van der Waals surface area contributed by atoms with Gasteiger partial charge in [-0.1, -0.05) is 13.8 Å². The summed E-state index contributed by atoms with van der Waals surface area (Å²) in [6.45, 7) is 17.1. The lowest BCUT2D eigenvalue weighted by atomic mass is 10.2. The van der Waals surface area contributed by atoms with Crippen LogP contribution in [0.1, 0.15) is 41.0 Å². The molecule has 0 aromatic rings. The van der Waals surface area contributed by atoms with Crippen LogP contribution >= 0.6 is 0 Å². The van der Waals surface area contributed by atoms with E-state index in [1.165, 1.54) is 13.0 Å². The third-order valence-corrected chi connectivity index (χ3v) is 2.54. The van der Waals surface area contributed by atoms with E-state index in [4.69, 9.17) is 4.74 Å².